The number of hydrogen-bond donors (Lipinski definition) is 3. The van der Waals surface area contributed by atoms with E-state index in [9.17, 15) is 15.0 Å². The molecule has 1 aromatic rings. The van der Waals surface area contributed by atoms with Crippen LogP contribution < -0.4 is 5.32 Å². The third-order valence-electron chi connectivity index (χ3n) is 2.72. The number of phenols is 2. The molecule has 0 aliphatic heterocycles. The third-order valence-corrected chi connectivity index (χ3v) is 2.72. The van der Waals surface area contributed by atoms with Crippen LogP contribution in [0, 0.1) is 5.92 Å². The van der Waals surface area contributed by atoms with Gasteiger partial charge in [-0.2, -0.15) is 0 Å². The summed E-state index contributed by atoms with van der Waals surface area (Å²) in [4.78, 5) is 11.7. The monoisotopic (exact) mass is 251 g/mol. The van der Waals surface area contributed by atoms with Crippen molar-refractivity contribution < 1.29 is 15.0 Å². The number of unbranched alkanes of at least 4 members (excludes halogenated alkanes) is 1. The van der Waals surface area contributed by atoms with Gasteiger partial charge in [-0.05, 0) is 30.5 Å². The summed E-state index contributed by atoms with van der Waals surface area (Å²) >= 11 is 0. The van der Waals surface area contributed by atoms with Crippen molar-refractivity contribution in [3.63, 3.8) is 0 Å². The van der Waals surface area contributed by atoms with Crippen LogP contribution in [0.25, 0.3) is 0 Å². The molecule has 18 heavy (non-hydrogen) atoms. The normalized spacial score (nSPS) is 10.6. The highest BCUT2D eigenvalue weighted by Gasteiger charge is 2.11. The van der Waals surface area contributed by atoms with Gasteiger partial charge in [0.05, 0.1) is 5.56 Å². The van der Waals surface area contributed by atoms with Crippen molar-refractivity contribution in [3.05, 3.63) is 23.8 Å². The molecule has 0 bridgehead atoms. The minimum Gasteiger partial charge on any atom is -0.508 e. The zero-order valence-electron chi connectivity index (χ0n) is 10.9. The molecule has 0 unspecified atom stereocenters. The van der Waals surface area contributed by atoms with Gasteiger partial charge in [-0.3, -0.25) is 4.79 Å². The molecule has 3 N–H and O–H groups in total. The number of amides is 1. The van der Waals surface area contributed by atoms with Gasteiger partial charge in [0.1, 0.15) is 11.5 Å². The van der Waals surface area contributed by atoms with Crippen LogP contribution in [-0.2, 0) is 0 Å². The summed E-state index contributed by atoms with van der Waals surface area (Å²) in [6.07, 6.45) is 3.14. The molecule has 1 rings (SSSR count). The number of hydrogen-bond acceptors (Lipinski definition) is 3. The summed E-state index contributed by atoms with van der Waals surface area (Å²) in [6.45, 7) is 4.92. The second kappa shape index (κ2) is 6.89. The van der Waals surface area contributed by atoms with E-state index in [-0.39, 0.29) is 23.0 Å². The first-order chi connectivity index (χ1) is 8.50. The van der Waals surface area contributed by atoms with E-state index in [0.717, 1.165) is 19.3 Å². The van der Waals surface area contributed by atoms with Gasteiger partial charge in [0, 0.05) is 6.54 Å². The first kappa shape index (κ1) is 14.4. The van der Waals surface area contributed by atoms with Crippen LogP contribution in [0.15, 0.2) is 18.2 Å². The topological polar surface area (TPSA) is 69.6 Å². The summed E-state index contributed by atoms with van der Waals surface area (Å²) in [5.74, 6) is 0.175. The standard InChI is InChI=1S/C14H21NO3/c1-10(2)5-3-4-8-15-14(18)12-9-11(16)6-7-13(12)17/h6-7,9-10,16-17H,3-5,8H2,1-2H3,(H,15,18). The summed E-state index contributed by atoms with van der Waals surface area (Å²) in [5, 5.41) is 21.5. The molecule has 0 atom stereocenters. The first-order valence-electron chi connectivity index (χ1n) is 6.31. The summed E-state index contributed by atoms with van der Waals surface area (Å²) in [5.41, 5.74) is 0.110. The quantitative estimate of drug-likeness (QED) is 0.537. The van der Waals surface area contributed by atoms with Crippen LogP contribution in [0.2, 0.25) is 0 Å². The van der Waals surface area contributed by atoms with Crippen LogP contribution >= 0.6 is 0 Å². The lowest BCUT2D eigenvalue weighted by Gasteiger charge is -2.08. The number of aromatic hydroxyl groups is 2. The Balaban J connectivity index is 2.39. The van der Waals surface area contributed by atoms with E-state index in [0.29, 0.717) is 12.5 Å². The lowest BCUT2D eigenvalue weighted by Crippen LogP contribution is -2.24. The highest BCUT2D eigenvalue weighted by Crippen LogP contribution is 2.21. The molecular weight excluding hydrogens is 230 g/mol. The maximum Gasteiger partial charge on any atom is 0.255 e. The van der Waals surface area contributed by atoms with E-state index < -0.39 is 0 Å². The smallest absolute Gasteiger partial charge is 0.255 e. The second-order valence-electron chi connectivity index (χ2n) is 4.85. The van der Waals surface area contributed by atoms with E-state index in [1.54, 1.807) is 0 Å². The van der Waals surface area contributed by atoms with Crippen molar-refractivity contribution in [2.45, 2.75) is 33.1 Å². The predicted octanol–water partition coefficient (Wildman–Crippen LogP) is 2.65. The van der Waals surface area contributed by atoms with Crippen LogP contribution in [0.4, 0.5) is 0 Å². The molecule has 4 heteroatoms. The van der Waals surface area contributed by atoms with Crippen LogP contribution in [-0.4, -0.2) is 22.7 Å². The Morgan fingerprint density at radius 3 is 2.67 bits per heavy atom. The van der Waals surface area contributed by atoms with Crippen molar-refractivity contribution in [1.29, 1.82) is 0 Å². The van der Waals surface area contributed by atoms with E-state index in [1.165, 1.54) is 18.2 Å². The zero-order valence-corrected chi connectivity index (χ0v) is 10.9. The molecule has 0 saturated carbocycles. The van der Waals surface area contributed by atoms with Gasteiger partial charge in [-0.15, -0.1) is 0 Å². The molecule has 0 spiro atoms. The van der Waals surface area contributed by atoms with Gasteiger partial charge in [-0.25, -0.2) is 0 Å². The fraction of sp³-hybridized carbons (Fsp3) is 0.500. The second-order valence-corrected chi connectivity index (χ2v) is 4.85. The Kier molecular flexibility index (Phi) is 5.49. The summed E-state index contributed by atoms with van der Waals surface area (Å²) in [6, 6.07) is 3.91. The third kappa shape index (κ3) is 4.65. The van der Waals surface area contributed by atoms with E-state index >= 15 is 0 Å². The van der Waals surface area contributed by atoms with Crippen molar-refractivity contribution in [1.82, 2.24) is 5.32 Å². The molecule has 100 valence electrons. The zero-order chi connectivity index (χ0) is 13.5. The summed E-state index contributed by atoms with van der Waals surface area (Å²) < 4.78 is 0. The maximum atomic E-state index is 11.7. The molecule has 1 aromatic carbocycles. The minimum absolute atomic E-state index is 0.0299. The minimum atomic E-state index is -0.354. The molecule has 0 radical (unpaired) electrons. The van der Waals surface area contributed by atoms with Gasteiger partial charge in [0.2, 0.25) is 0 Å². The van der Waals surface area contributed by atoms with Crippen molar-refractivity contribution in [2.75, 3.05) is 6.54 Å². The molecule has 0 aliphatic carbocycles. The molecule has 0 saturated heterocycles. The fourth-order valence-electron chi connectivity index (χ4n) is 1.68. The van der Waals surface area contributed by atoms with Gasteiger partial charge < -0.3 is 15.5 Å². The van der Waals surface area contributed by atoms with E-state index in [2.05, 4.69) is 19.2 Å². The lowest BCUT2D eigenvalue weighted by atomic mass is 10.1. The van der Waals surface area contributed by atoms with Crippen molar-refractivity contribution in [2.24, 2.45) is 5.92 Å². The predicted molar refractivity (Wildman–Crippen MR) is 70.8 cm³/mol. The number of carbonyl (C=O) groups is 1. The summed E-state index contributed by atoms with van der Waals surface area (Å²) in [7, 11) is 0. The Morgan fingerprint density at radius 2 is 2.00 bits per heavy atom. The number of carbonyl (C=O) groups excluding carboxylic acids is 1. The van der Waals surface area contributed by atoms with Crippen LogP contribution in [0.1, 0.15) is 43.5 Å². The average Bonchev–Trinajstić information content (AvgIpc) is 2.31. The molecule has 0 heterocycles. The molecule has 4 nitrogen and oxygen atoms in total. The van der Waals surface area contributed by atoms with Crippen LogP contribution in [0.3, 0.4) is 0 Å². The molecule has 0 aliphatic rings. The van der Waals surface area contributed by atoms with Crippen LogP contribution in [0.5, 0.6) is 11.5 Å². The Labute approximate surface area is 108 Å². The number of nitrogens with one attached hydrogen (secondary N) is 1. The largest absolute Gasteiger partial charge is 0.508 e. The van der Waals surface area contributed by atoms with Gasteiger partial charge >= 0.3 is 0 Å². The van der Waals surface area contributed by atoms with E-state index in [4.69, 9.17) is 0 Å². The molecule has 0 fully saturated rings. The lowest BCUT2D eigenvalue weighted by molar-refractivity contribution is 0.0950. The van der Waals surface area contributed by atoms with Gasteiger partial charge in [0.25, 0.3) is 5.91 Å². The Morgan fingerprint density at radius 1 is 1.28 bits per heavy atom. The number of phenolic OH excluding ortho intramolecular Hbond substituents is 2. The maximum absolute atomic E-state index is 11.7. The van der Waals surface area contributed by atoms with Crippen molar-refractivity contribution >= 4 is 5.91 Å². The highest BCUT2D eigenvalue weighted by atomic mass is 16.3. The van der Waals surface area contributed by atoms with Crippen molar-refractivity contribution in [3.8, 4) is 11.5 Å². The van der Waals surface area contributed by atoms with E-state index in [1.807, 2.05) is 0 Å². The van der Waals surface area contributed by atoms with Gasteiger partial charge in [-0.1, -0.05) is 26.7 Å². The molecule has 0 aromatic heterocycles. The Hall–Kier alpha value is -1.71. The fourth-order valence-corrected chi connectivity index (χ4v) is 1.68. The highest BCUT2D eigenvalue weighted by molar-refractivity contribution is 5.97. The SMILES string of the molecule is CC(C)CCCCNC(=O)c1cc(O)ccc1O. The number of rotatable bonds is 6. The average molecular weight is 251 g/mol. The molecular formula is C14H21NO3. The first-order valence-corrected chi connectivity index (χ1v) is 6.31. The number of benzene rings is 1. The molecule has 1 amide bonds. The Bertz CT molecular complexity index is 402. The van der Waals surface area contributed by atoms with Gasteiger partial charge in [0.15, 0.2) is 0 Å².